The Kier molecular flexibility index (Phi) is 22.8. The van der Waals surface area contributed by atoms with Gasteiger partial charge in [0.15, 0.2) is 17.9 Å². The molecule has 3 saturated carbocycles. The number of aromatic nitrogens is 9. The minimum absolute atomic E-state index is 0.101. The second-order valence-corrected chi connectivity index (χ2v) is 21.9. The quantitative estimate of drug-likeness (QED) is 0.0437. The van der Waals surface area contributed by atoms with Gasteiger partial charge in [0.1, 0.15) is 53.9 Å². The Bertz CT molecular complexity index is 3610. The van der Waals surface area contributed by atoms with Crippen LogP contribution in [-0.2, 0) is 33.6 Å². The maximum Gasteiger partial charge on any atom is 0.354 e. The Morgan fingerprint density at radius 1 is 0.429 bits per heavy atom. The van der Waals surface area contributed by atoms with E-state index < -0.39 is 66.0 Å². The highest BCUT2D eigenvalue weighted by Crippen LogP contribution is 2.22. The number of nitrogens with zero attached hydrogens (tertiary/aromatic N) is 9. The summed E-state index contributed by atoms with van der Waals surface area (Å²) >= 11 is 0. The van der Waals surface area contributed by atoms with Crippen molar-refractivity contribution >= 4 is 35.5 Å². The first kappa shape index (κ1) is 64.9. The van der Waals surface area contributed by atoms with Crippen LogP contribution in [-0.4, -0.2) is 154 Å². The van der Waals surface area contributed by atoms with Gasteiger partial charge < -0.3 is 52.7 Å². The molecule has 25 nitrogen and oxygen atoms in total. The van der Waals surface area contributed by atoms with Gasteiger partial charge in [0.2, 0.25) is 0 Å². The molecule has 6 aromatic heterocycles. The monoisotopic (exact) mass is 1230 g/mol. The molecule has 3 fully saturated rings. The number of nitrogens with two attached hydrogens (primary N) is 1. The van der Waals surface area contributed by atoms with Crippen LogP contribution in [0.5, 0.6) is 0 Å². The fraction of sp³-hybridized carbons (Fsp3) is 0.273. The Hall–Kier alpha value is -10.6. The number of amides is 5. The highest BCUT2D eigenvalue weighted by molar-refractivity contribution is 5.95. The Morgan fingerprint density at radius 2 is 0.736 bits per heavy atom. The number of carbonyl (C=O) groups excluding carboxylic acids is 5. The summed E-state index contributed by atoms with van der Waals surface area (Å²) in [5.74, 6) is -1.58. The van der Waals surface area contributed by atoms with Gasteiger partial charge in [0, 0.05) is 42.8 Å². The van der Waals surface area contributed by atoms with Gasteiger partial charge in [-0.05, 0) is 111 Å². The number of aromatic carboxylic acids is 1. The fourth-order valence-electron chi connectivity index (χ4n) is 9.22. The first-order chi connectivity index (χ1) is 44.2. The number of rotatable bonds is 23. The van der Waals surface area contributed by atoms with Gasteiger partial charge in [0.25, 0.3) is 29.5 Å². The van der Waals surface area contributed by atoms with Gasteiger partial charge in [-0.15, -0.1) is 0 Å². The molecule has 0 spiro atoms. The molecular formula is C66H71N15O10. The lowest BCUT2D eigenvalue weighted by Gasteiger charge is -2.24. The number of hydrogen-bond acceptors (Lipinski definition) is 16. The number of carbonyl (C=O) groups is 6. The summed E-state index contributed by atoms with van der Waals surface area (Å²) in [6, 6.07) is 42.8. The molecule has 9 aromatic rings. The second-order valence-electron chi connectivity index (χ2n) is 21.9. The van der Waals surface area contributed by atoms with Gasteiger partial charge in [-0.2, -0.15) is 0 Å². The molecule has 0 radical (unpaired) electrons. The Labute approximate surface area is 523 Å². The van der Waals surface area contributed by atoms with E-state index in [0.29, 0.717) is 36.7 Å². The molecule has 0 saturated heterocycles. The van der Waals surface area contributed by atoms with Crippen molar-refractivity contribution in [3.05, 3.63) is 236 Å². The van der Waals surface area contributed by atoms with Crippen molar-refractivity contribution in [2.24, 2.45) is 5.73 Å². The summed E-state index contributed by atoms with van der Waals surface area (Å²) in [5.41, 5.74) is 9.30. The van der Waals surface area contributed by atoms with Crippen LogP contribution in [0.2, 0.25) is 0 Å². The zero-order valence-corrected chi connectivity index (χ0v) is 49.5. The van der Waals surface area contributed by atoms with E-state index in [1.165, 1.54) is 42.1 Å². The molecule has 5 amide bonds. The van der Waals surface area contributed by atoms with E-state index in [2.05, 4.69) is 56.5 Å². The molecule has 11 N–H and O–H groups in total. The van der Waals surface area contributed by atoms with Crippen molar-refractivity contribution in [1.29, 1.82) is 0 Å². The highest BCUT2D eigenvalue weighted by atomic mass is 16.4. The van der Waals surface area contributed by atoms with Gasteiger partial charge >= 0.3 is 5.97 Å². The summed E-state index contributed by atoms with van der Waals surface area (Å²) in [5, 5.41) is 54.0. The standard InChI is InChI=1S/2C22H23N5O3.C13H18N2O2.C9H7N3O2/c2*28-20(22(30)25-16-9-10-16)17(12-15-6-2-1-3-7-15)26-21(29)18-13-23-14-27(18)19-8-4-5-11-24-19;14-11(8-9-4-2-1-3-5-9)12(16)13(17)15-10-6-7-10;13-9(14)7-5-10-6-12(7)8-3-1-2-4-11-8/h2*1-8,11,13-14,16-17,20,28H,9-10,12H2,(H,25,30)(H,26,29);1-5,10-12,16H,6-8,14H2,(H,15,17);1-6H,(H,13,14)/t2*17-,20?;11-,12?;/m000./s1. The largest absolute Gasteiger partial charge is 0.477 e. The van der Waals surface area contributed by atoms with Crippen LogP contribution in [0.25, 0.3) is 17.5 Å². The second kappa shape index (κ2) is 32.0. The lowest BCUT2D eigenvalue weighted by atomic mass is 10.0. The number of aliphatic hydroxyl groups excluding tert-OH is 3. The lowest BCUT2D eigenvalue weighted by Crippen LogP contribution is -2.52. The number of carboxylic acid groups (broad SMARTS) is 1. The van der Waals surface area contributed by atoms with Crippen molar-refractivity contribution in [3.8, 4) is 17.5 Å². The van der Waals surface area contributed by atoms with E-state index >= 15 is 0 Å². The van der Waals surface area contributed by atoms with Crippen molar-refractivity contribution in [3.63, 3.8) is 0 Å². The number of benzene rings is 3. The van der Waals surface area contributed by atoms with Crippen LogP contribution >= 0.6 is 0 Å². The van der Waals surface area contributed by atoms with E-state index in [0.717, 1.165) is 55.2 Å². The fourth-order valence-corrected chi connectivity index (χ4v) is 9.22. The van der Waals surface area contributed by atoms with Crippen molar-refractivity contribution < 1.29 is 49.2 Å². The van der Waals surface area contributed by atoms with Gasteiger partial charge in [-0.25, -0.2) is 34.7 Å². The maximum atomic E-state index is 13.0. The van der Waals surface area contributed by atoms with Crippen molar-refractivity contribution in [2.45, 2.75) is 112 Å². The summed E-state index contributed by atoms with van der Waals surface area (Å²) < 4.78 is 4.54. The van der Waals surface area contributed by atoms with E-state index in [1.807, 2.05) is 103 Å². The third-order valence-corrected chi connectivity index (χ3v) is 14.6. The highest BCUT2D eigenvalue weighted by Gasteiger charge is 2.35. The molecule has 3 aliphatic carbocycles. The van der Waals surface area contributed by atoms with Crippen LogP contribution < -0.4 is 32.3 Å². The van der Waals surface area contributed by atoms with E-state index in [-0.39, 0.29) is 41.1 Å². The topological polar surface area (TPSA) is 362 Å². The minimum Gasteiger partial charge on any atom is -0.477 e. The normalized spacial score (nSPS) is 15.0. The Morgan fingerprint density at radius 3 is 1.05 bits per heavy atom. The number of hydrogen-bond donors (Lipinski definition) is 10. The van der Waals surface area contributed by atoms with Crippen LogP contribution in [0.3, 0.4) is 0 Å². The number of carboxylic acids is 1. The van der Waals surface area contributed by atoms with Gasteiger partial charge in [-0.1, -0.05) is 109 Å². The average Bonchev–Trinajstić information content (AvgIpc) is 2.71. The number of nitrogens with one attached hydrogen (secondary N) is 5. The minimum atomic E-state index is -1.37. The molecule has 470 valence electrons. The average molecular weight is 1230 g/mol. The Balaban J connectivity index is 0.000000150. The molecule has 0 aliphatic heterocycles. The number of aliphatic hydroxyl groups is 3. The molecule has 91 heavy (non-hydrogen) atoms. The smallest absolute Gasteiger partial charge is 0.354 e. The van der Waals surface area contributed by atoms with Crippen LogP contribution in [0.15, 0.2) is 202 Å². The summed E-state index contributed by atoms with van der Waals surface area (Å²) in [4.78, 5) is 97.7. The predicted octanol–water partition coefficient (Wildman–Crippen LogP) is 3.66. The lowest BCUT2D eigenvalue weighted by molar-refractivity contribution is -0.131. The third kappa shape index (κ3) is 19.4. The van der Waals surface area contributed by atoms with Gasteiger partial charge in [-0.3, -0.25) is 37.7 Å². The maximum absolute atomic E-state index is 13.0. The number of pyridine rings is 3. The number of imidazole rings is 3. The first-order valence-electron chi connectivity index (χ1n) is 29.7. The molecule has 3 aromatic carbocycles. The van der Waals surface area contributed by atoms with Crippen LogP contribution in [0.4, 0.5) is 0 Å². The molecule has 6 heterocycles. The molecule has 25 heteroatoms. The molecule has 0 bridgehead atoms. The van der Waals surface area contributed by atoms with Crippen molar-refractivity contribution in [1.82, 2.24) is 70.2 Å². The van der Waals surface area contributed by atoms with E-state index in [1.54, 1.807) is 70.2 Å². The SMILES string of the molecule is N[C@@H](Cc1ccccc1)C(O)C(=O)NC1CC1.O=C(N[C@@H](Cc1ccccc1)C(O)C(=O)NC1CC1)c1cncn1-c1ccccn1.O=C(N[C@@H](Cc1ccccc1)C(O)C(=O)NC1CC1)c1cncn1-c1ccccn1.O=C(O)c1cncn1-c1ccccn1. The molecule has 6 atom stereocenters. The predicted molar refractivity (Wildman–Crippen MR) is 333 cm³/mol. The van der Waals surface area contributed by atoms with Gasteiger partial charge in [0.05, 0.1) is 30.7 Å². The third-order valence-electron chi connectivity index (χ3n) is 14.6. The van der Waals surface area contributed by atoms with Crippen LogP contribution in [0.1, 0.15) is 86.7 Å². The molecule has 12 rings (SSSR count). The van der Waals surface area contributed by atoms with E-state index in [9.17, 15) is 44.1 Å². The summed E-state index contributed by atoms with van der Waals surface area (Å²) in [6.07, 6.45) is 16.3. The summed E-state index contributed by atoms with van der Waals surface area (Å²) in [7, 11) is 0. The molecular weight excluding hydrogens is 1160 g/mol. The first-order valence-corrected chi connectivity index (χ1v) is 29.7. The molecule has 3 aliphatic rings. The zero-order chi connectivity index (χ0) is 64.1. The van der Waals surface area contributed by atoms with Crippen molar-refractivity contribution in [2.75, 3.05) is 0 Å². The van der Waals surface area contributed by atoms with E-state index in [4.69, 9.17) is 10.8 Å². The molecule has 3 unspecified atom stereocenters. The van der Waals surface area contributed by atoms with Crippen LogP contribution in [0, 0.1) is 0 Å². The summed E-state index contributed by atoms with van der Waals surface area (Å²) in [6.45, 7) is 0. The zero-order valence-electron chi connectivity index (χ0n) is 49.5.